The third-order valence-corrected chi connectivity index (χ3v) is 4.30. The van der Waals surface area contributed by atoms with Crippen LogP contribution in [0.1, 0.15) is 33.6 Å². The molecule has 0 aliphatic carbocycles. The molecule has 0 spiro atoms. The van der Waals surface area contributed by atoms with Gasteiger partial charge in [0.1, 0.15) is 18.1 Å². The first-order valence-corrected chi connectivity index (χ1v) is 9.83. The fourth-order valence-corrected chi connectivity index (χ4v) is 2.64. The molecule has 3 amide bonds. The van der Waals surface area contributed by atoms with Crippen LogP contribution in [0.4, 0.5) is 0 Å². The fourth-order valence-electron chi connectivity index (χ4n) is 2.38. The van der Waals surface area contributed by atoms with Crippen molar-refractivity contribution in [1.29, 1.82) is 0 Å². The molecule has 0 heterocycles. The monoisotopic (exact) mass is 450 g/mol. The highest BCUT2D eigenvalue weighted by Crippen LogP contribution is 2.04. The van der Waals surface area contributed by atoms with Gasteiger partial charge in [0.15, 0.2) is 0 Å². The van der Waals surface area contributed by atoms with Crippen LogP contribution in [0.15, 0.2) is 0 Å². The van der Waals surface area contributed by atoms with Crippen LogP contribution in [0, 0.1) is 5.92 Å². The number of thiol groups is 1. The number of carboxylic acids is 2. The fraction of sp³-hybridized carbons (Fsp3) is 0.706. The molecule has 0 radical (unpaired) electrons. The molecule has 0 aliphatic heterocycles. The van der Waals surface area contributed by atoms with E-state index in [2.05, 4.69) is 23.3 Å². The Morgan fingerprint density at radius 3 is 1.83 bits per heavy atom. The predicted molar refractivity (Wildman–Crippen MR) is 109 cm³/mol. The van der Waals surface area contributed by atoms with Crippen LogP contribution in [-0.2, 0) is 24.0 Å². The molecule has 0 bridgehead atoms. The molecule has 13 heteroatoms. The van der Waals surface area contributed by atoms with Gasteiger partial charge in [-0.2, -0.15) is 12.6 Å². The summed E-state index contributed by atoms with van der Waals surface area (Å²) < 4.78 is 0. The average Bonchev–Trinajstić information content (AvgIpc) is 2.61. The minimum absolute atomic E-state index is 0.120. The predicted octanol–water partition coefficient (Wildman–Crippen LogP) is -2.32. The number of amides is 3. The lowest BCUT2D eigenvalue weighted by molar-refractivity contribution is -0.147. The first kappa shape index (κ1) is 27.6. The number of aliphatic hydroxyl groups excluding tert-OH is 1. The van der Waals surface area contributed by atoms with Crippen molar-refractivity contribution in [3.05, 3.63) is 0 Å². The Morgan fingerprint density at radius 2 is 1.43 bits per heavy atom. The number of aliphatic hydroxyl groups is 1. The maximum Gasteiger partial charge on any atom is 0.326 e. The number of aliphatic carboxylic acids is 2. The van der Waals surface area contributed by atoms with E-state index >= 15 is 0 Å². The topological polar surface area (TPSA) is 208 Å². The Bertz CT molecular complexity index is 643. The summed E-state index contributed by atoms with van der Waals surface area (Å²) in [5, 5.41) is 34.2. The number of rotatable bonds is 13. The smallest absolute Gasteiger partial charge is 0.326 e. The van der Waals surface area contributed by atoms with Crippen LogP contribution in [0.2, 0.25) is 0 Å². The third-order valence-electron chi connectivity index (χ3n) is 3.93. The zero-order valence-corrected chi connectivity index (χ0v) is 17.9. The summed E-state index contributed by atoms with van der Waals surface area (Å²) in [5.41, 5.74) is 5.76. The lowest BCUT2D eigenvalue weighted by Gasteiger charge is -2.26. The third kappa shape index (κ3) is 9.89. The van der Waals surface area contributed by atoms with Crippen LogP contribution in [0.25, 0.3) is 0 Å². The molecule has 0 aliphatic rings. The Balaban J connectivity index is 5.17. The Hall–Kier alpha value is -2.38. The van der Waals surface area contributed by atoms with E-state index < -0.39 is 66.4 Å². The lowest BCUT2D eigenvalue weighted by atomic mass is 10.0. The number of nitrogens with two attached hydrogens (primary N) is 1. The maximum atomic E-state index is 12.5. The van der Waals surface area contributed by atoms with Crippen LogP contribution in [0.3, 0.4) is 0 Å². The summed E-state index contributed by atoms with van der Waals surface area (Å²) in [6, 6.07) is -5.40. The standard InChI is InChI=1S/C17H30N4O8S/c1-7(2)4-9(18)14(25)21-13(8(3)22)16(27)20-11(6-30)15(26)19-10(17(28)29)5-12(23)24/h7-11,13,22,30H,4-6,18H2,1-3H3,(H,19,26)(H,20,27)(H,21,25)(H,23,24)(H,28,29). The Labute approximate surface area is 179 Å². The van der Waals surface area contributed by atoms with Crippen LogP contribution < -0.4 is 21.7 Å². The molecule has 0 fully saturated rings. The molecule has 172 valence electrons. The number of nitrogens with one attached hydrogen (secondary N) is 3. The SMILES string of the molecule is CC(C)CC(N)C(=O)NC(C(=O)NC(CS)C(=O)NC(CC(=O)O)C(=O)O)C(C)O. The summed E-state index contributed by atoms with van der Waals surface area (Å²) in [6.07, 6.45) is -1.85. The van der Waals surface area contributed by atoms with Gasteiger partial charge in [0, 0.05) is 5.75 Å². The van der Waals surface area contributed by atoms with E-state index in [1.54, 1.807) is 0 Å². The number of carbonyl (C=O) groups excluding carboxylic acids is 3. The zero-order valence-electron chi connectivity index (χ0n) is 17.0. The molecule has 30 heavy (non-hydrogen) atoms. The van der Waals surface area contributed by atoms with Crippen LogP contribution in [0.5, 0.6) is 0 Å². The van der Waals surface area contributed by atoms with Gasteiger partial charge < -0.3 is 37.0 Å². The highest BCUT2D eigenvalue weighted by molar-refractivity contribution is 7.80. The van der Waals surface area contributed by atoms with Gasteiger partial charge in [-0.3, -0.25) is 19.2 Å². The average molecular weight is 451 g/mol. The second-order valence-electron chi connectivity index (χ2n) is 7.20. The molecule has 8 N–H and O–H groups in total. The van der Waals surface area contributed by atoms with E-state index in [0.717, 1.165) is 0 Å². The van der Waals surface area contributed by atoms with Crippen LogP contribution >= 0.6 is 12.6 Å². The maximum absolute atomic E-state index is 12.5. The molecule has 12 nitrogen and oxygen atoms in total. The Kier molecular flexibility index (Phi) is 12.0. The Morgan fingerprint density at radius 1 is 0.900 bits per heavy atom. The van der Waals surface area contributed by atoms with E-state index in [1.165, 1.54) is 6.92 Å². The molecule has 0 aromatic rings. The van der Waals surface area contributed by atoms with E-state index in [0.29, 0.717) is 6.42 Å². The zero-order chi connectivity index (χ0) is 23.6. The van der Waals surface area contributed by atoms with Crippen molar-refractivity contribution < 1.29 is 39.3 Å². The van der Waals surface area contributed by atoms with Crippen molar-refractivity contribution in [2.45, 2.75) is 63.9 Å². The van der Waals surface area contributed by atoms with Gasteiger partial charge >= 0.3 is 11.9 Å². The van der Waals surface area contributed by atoms with Crippen molar-refractivity contribution in [3.63, 3.8) is 0 Å². The largest absolute Gasteiger partial charge is 0.481 e. The summed E-state index contributed by atoms with van der Waals surface area (Å²) in [7, 11) is 0. The first-order chi connectivity index (χ1) is 13.8. The van der Waals surface area contributed by atoms with E-state index in [4.69, 9.17) is 15.9 Å². The van der Waals surface area contributed by atoms with Crippen molar-refractivity contribution in [2.24, 2.45) is 11.7 Å². The lowest BCUT2D eigenvalue weighted by Crippen LogP contribution is -2.60. The number of carbonyl (C=O) groups is 5. The van der Waals surface area contributed by atoms with Gasteiger partial charge in [0.2, 0.25) is 17.7 Å². The molecule has 5 unspecified atom stereocenters. The highest BCUT2D eigenvalue weighted by atomic mass is 32.1. The molecule has 5 atom stereocenters. The molecule has 0 aromatic heterocycles. The van der Waals surface area contributed by atoms with Crippen molar-refractivity contribution in [2.75, 3.05) is 5.75 Å². The van der Waals surface area contributed by atoms with Gasteiger partial charge in [-0.15, -0.1) is 0 Å². The van der Waals surface area contributed by atoms with Crippen LogP contribution in [-0.4, -0.2) is 81.0 Å². The van der Waals surface area contributed by atoms with Crippen molar-refractivity contribution in [3.8, 4) is 0 Å². The van der Waals surface area contributed by atoms with Crippen molar-refractivity contribution in [1.82, 2.24) is 16.0 Å². The minimum atomic E-state index is -1.71. The summed E-state index contributed by atoms with van der Waals surface area (Å²) in [4.78, 5) is 58.7. The van der Waals surface area contributed by atoms with Gasteiger partial charge in [0.05, 0.1) is 18.6 Å². The number of hydrogen-bond acceptors (Lipinski definition) is 8. The quantitative estimate of drug-likeness (QED) is 0.141. The number of carboxylic acid groups (broad SMARTS) is 2. The number of hydrogen-bond donors (Lipinski definition) is 8. The van der Waals surface area contributed by atoms with Gasteiger partial charge in [-0.05, 0) is 19.3 Å². The molecule has 0 aromatic carbocycles. The molecular weight excluding hydrogens is 420 g/mol. The van der Waals surface area contributed by atoms with Gasteiger partial charge in [0.25, 0.3) is 0 Å². The first-order valence-electron chi connectivity index (χ1n) is 9.20. The molecular formula is C17H30N4O8S. The van der Waals surface area contributed by atoms with Crippen molar-refractivity contribution >= 4 is 42.3 Å². The molecule has 0 saturated heterocycles. The second-order valence-corrected chi connectivity index (χ2v) is 7.57. The van der Waals surface area contributed by atoms with E-state index in [1.807, 2.05) is 19.2 Å². The van der Waals surface area contributed by atoms with Gasteiger partial charge in [-0.1, -0.05) is 13.8 Å². The molecule has 0 rings (SSSR count). The molecule has 0 saturated carbocycles. The van der Waals surface area contributed by atoms with E-state index in [9.17, 15) is 29.1 Å². The summed E-state index contributed by atoms with van der Waals surface area (Å²) >= 11 is 3.92. The second kappa shape index (κ2) is 13.0. The normalized spacial score (nSPS) is 16.0. The summed E-state index contributed by atoms with van der Waals surface area (Å²) in [5.74, 6) is -5.72. The van der Waals surface area contributed by atoms with E-state index in [-0.39, 0.29) is 11.7 Å². The highest BCUT2D eigenvalue weighted by Gasteiger charge is 2.32. The minimum Gasteiger partial charge on any atom is -0.481 e. The van der Waals surface area contributed by atoms with Gasteiger partial charge in [-0.25, -0.2) is 4.79 Å². The summed E-state index contributed by atoms with van der Waals surface area (Å²) in [6.45, 7) is 4.97.